The lowest BCUT2D eigenvalue weighted by Gasteiger charge is -2.33. The fourth-order valence-corrected chi connectivity index (χ4v) is 4.05. The standard InChI is InChI=1S/C18H28N2O/c1-4-14-8-6-10-20(14)16(12-19)15-9-5-7-13-11-18(2,3)21-17(13)15/h5,7,9,14,16H,4,6,8,10-12,19H2,1-3H3. The molecule has 2 atom stereocenters. The van der Waals surface area contributed by atoms with E-state index in [0.717, 1.165) is 18.7 Å². The van der Waals surface area contributed by atoms with Gasteiger partial charge in [-0.2, -0.15) is 0 Å². The van der Waals surface area contributed by atoms with Crippen molar-refractivity contribution in [2.75, 3.05) is 13.1 Å². The van der Waals surface area contributed by atoms with Crippen molar-refractivity contribution in [3.8, 4) is 5.75 Å². The smallest absolute Gasteiger partial charge is 0.128 e. The van der Waals surface area contributed by atoms with Gasteiger partial charge in [-0.3, -0.25) is 4.90 Å². The van der Waals surface area contributed by atoms with Gasteiger partial charge in [-0.25, -0.2) is 0 Å². The highest BCUT2D eigenvalue weighted by Crippen LogP contribution is 2.42. The summed E-state index contributed by atoms with van der Waals surface area (Å²) in [4.78, 5) is 2.60. The van der Waals surface area contributed by atoms with E-state index in [1.807, 2.05) is 0 Å². The molecule has 0 saturated carbocycles. The summed E-state index contributed by atoms with van der Waals surface area (Å²) in [6, 6.07) is 7.54. The van der Waals surface area contributed by atoms with Gasteiger partial charge in [0.25, 0.3) is 0 Å². The monoisotopic (exact) mass is 288 g/mol. The minimum absolute atomic E-state index is 0.0905. The van der Waals surface area contributed by atoms with Gasteiger partial charge in [0.2, 0.25) is 0 Å². The molecule has 0 aromatic heterocycles. The largest absolute Gasteiger partial charge is 0.487 e. The van der Waals surface area contributed by atoms with Gasteiger partial charge in [0.15, 0.2) is 0 Å². The van der Waals surface area contributed by atoms with Crippen molar-refractivity contribution in [3.63, 3.8) is 0 Å². The van der Waals surface area contributed by atoms with E-state index < -0.39 is 0 Å². The zero-order valence-corrected chi connectivity index (χ0v) is 13.6. The van der Waals surface area contributed by atoms with Crippen molar-refractivity contribution in [2.24, 2.45) is 5.73 Å². The molecule has 2 aliphatic rings. The molecular weight excluding hydrogens is 260 g/mol. The Morgan fingerprint density at radius 2 is 2.24 bits per heavy atom. The predicted octanol–water partition coefficient (Wildman–Crippen LogP) is 3.27. The van der Waals surface area contributed by atoms with Gasteiger partial charge in [-0.1, -0.05) is 25.1 Å². The molecule has 1 fully saturated rings. The minimum atomic E-state index is -0.0905. The third-order valence-corrected chi connectivity index (χ3v) is 5.00. The second-order valence-electron chi connectivity index (χ2n) is 7.07. The Balaban J connectivity index is 1.94. The molecule has 0 amide bonds. The summed E-state index contributed by atoms with van der Waals surface area (Å²) in [5.41, 5.74) is 8.70. The molecule has 1 aromatic carbocycles. The van der Waals surface area contributed by atoms with Crippen LogP contribution in [0.15, 0.2) is 18.2 Å². The number of hydrogen-bond donors (Lipinski definition) is 1. The summed E-state index contributed by atoms with van der Waals surface area (Å²) in [6.45, 7) is 8.44. The van der Waals surface area contributed by atoms with Crippen LogP contribution >= 0.6 is 0 Å². The number of rotatable bonds is 4. The van der Waals surface area contributed by atoms with Crippen LogP contribution in [0, 0.1) is 0 Å². The first-order valence-electron chi connectivity index (χ1n) is 8.32. The summed E-state index contributed by atoms with van der Waals surface area (Å²) in [5.74, 6) is 1.10. The van der Waals surface area contributed by atoms with E-state index in [4.69, 9.17) is 10.5 Å². The lowest BCUT2D eigenvalue weighted by molar-refractivity contribution is 0.129. The summed E-state index contributed by atoms with van der Waals surface area (Å²) in [6.07, 6.45) is 4.79. The van der Waals surface area contributed by atoms with Gasteiger partial charge in [-0.15, -0.1) is 0 Å². The molecule has 0 aliphatic carbocycles. The van der Waals surface area contributed by atoms with E-state index in [1.54, 1.807) is 0 Å². The predicted molar refractivity (Wildman–Crippen MR) is 86.7 cm³/mol. The van der Waals surface area contributed by atoms with Crippen LogP contribution in [0.1, 0.15) is 57.2 Å². The van der Waals surface area contributed by atoms with E-state index in [0.29, 0.717) is 18.6 Å². The van der Waals surface area contributed by atoms with Gasteiger partial charge < -0.3 is 10.5 Å². The highest BCUT2D eigenvalue weighted by Gasteiger charge is 2.36. The normalized spacial score (nSPS) is 25.6. The number of nitrogens with two attached hydrogens (primary N) is 1. The zero-order valence-electron chi connectivity index (χ0n) is 13.6. The maximum atomic E-state index is 6.25. The number of para-hydroxylation sites is 1. The first kappa shape index (κ1) is 14.9. The van der Waals surface area contributed by atoms with Crippen LogP contribution in [-0.2, 0) is 6.42 Å². The van der Waals surface area contributed by atoms with Crippen molar-refractivity contribution in [2.45, 2.75) is 64.1 Å². The molecule has 2 N–H and O–H groups in total. The lowest BCUT2D eigenvalue weighted by atomic mass is 9.97. The van der Waals surface area contributed by atoms with Gasteiger partial charge in [0.05, 0.1) is 6.04 Å². The van der Waals surface area contributed by atoms with Crippen molar-refractivity contribution in [1.82, 2.24) is 4.90 Å². The Bertz CT molecular complexity index is 512. The quantitative estimate of drug-likeness (QED) is 0.924. The number of ether oxygens (including phenoxy) is 1. The first-order valence-corrected chi connectivity index (χ1v) is 8.32. The van der Waals surface area contributed by atoms with Gasteiger partial charge >= 0.3 is 0 Å². The van der Waals surface area contributed by atoms with Crippen LogP contribution < -0.4 is 10.5 Å². The van der Waals surface area contributed by atoms with E-state index in [-0.39, 0.29) is 5.60 Å². The second-order valence-corrected chi connectivity index (χ2v) is 7.07. The molecule has 116 valence electrons. The Morgan fingerprint density at radius 3 is 2.95 bits per heavy atom. The van der Waals surface area contributed by atoms with Crippen molar-refractivity contribution in [1.29, 1.82) is 0 Å². The Kier molecular flexibility index (Phi) is 3.98. The molecular formula is C18H28N2O. The van der Waals surface area contributed by atoms with Crippen LogP contribution in [-0.4, -0.2) is 29.6 Å². The zero-order chi connectivity index (χ0) is 15.0. The van der Waals surface area contributed by atoms with E-state index in [2.05, 4.69) is 43.9 Å². The Labute approximate surface area is 128 Å². The second kappa shape index (κ2) is 5.62. The Hall–Kier alpha value is -1.06. The lowest BCUT2D eigenvalue weighted by Crippen LogP contribution is -2.37. The van der Waals surface area contributed by atoms with Crippen LogP contribution in [0.3, 0.4) is 0 Å². The molecule has 2 heterocycles. The van der Waals surface area contributed by atoms with E-state index in [9.17, 15) is 0 Å². The van der Waals surface area contributed by atoms with E-state index in [1.165, 1.54) is 30.4 Å². The molecule has 0 bridgehead atoms. The molecule has 2 unspecified atom stereocenters. The average molecular weight is 288 g/mol. The number of fused-ring (bicyclic) bond motifs is 1. The molecule has 1 saturated heterocycles. The van der Waals surface area contributed by atoms with Gasteiger partial charge in [0.1, 0.15) is 11.4 Å². The molecule has 3 rings (SSSR count). The number of hydrogen-bond acceptors (Lipinski definition) is 3. The highest BCUT2D eigenvalue weighted by atomic mass is 16.5. The number of likely N-dealkylation sites (tertiary alicyclic amines) is 1. The minimum Gasteiger partial charge on any atom is -0.487 e. The summed E-state index contributed by atoms with van der Waals surface area (Å²) in [5, 5.41) is 0. The summed E-state index contributed by atoms with van der Waals surface area (Å²) >= 11 is 0. The SMILES string of the molecule is CCC1CCCN1C(CN)c1cccc2c1OC(C)(C)C2. The van der Waals surface area contributed by atoms with Gasteiger partial charge in [-0.05, 0) is 45.2 Å². The maximum Gasteiger partial charge on any atom is 0.128 e. The molecule has 3 nitrogen and oxygen atoms in total. The van der Waals surface area contributed by atoms with Crippen LogP contribution in [0.25, 0.3) is 0 Å². The average Bonchev–Trinajstić information content (AvgIpc) is 3.02. The van der Waals surface area contributed by atoms with Gasteiger partial charge in [0, 0.05) is 24.6 Å². The van der Waals surface area contributed by atoms with E-state index >= 15 is 0 Å². The van der Waals surface area contributed by atoms with Crippen molar-refractivity contribution < 1.29 is 4.74 Å². The topological polar surface area (TPSA) is 38.5 Å². The molecule has 21 heavy (non-hydrogen) atoms. The van der Waals surface area contributed by atoms with Crippen molar-refractivity contribution >= 4 is 0 Å². The first-order chi connectivity index (χ1) is 10.1. The molecule has 0 spiro atoms. The Morgan fingerprint density at radius 1 is 1.43 bits per heavy atom. The fourth-order valence-electron chi connectivity index (χ4n) is 4.05. The summed E-state index contributed by atoms with van der Waals surface area (Å²) in [7, 11) is 0. The molecule has 1 aromatic rings. The number of benzene rings is 1. The molecule has 3 heteroatoms. The third-order valence-electron chi connectivity index (χ3n) is 5.00. The van der Waals surface area contributed by atoms with Crippen LogP contribution in [0.2, 0.25) is 0 Å². The molecule has 2 aliphatic heterocycles. The molecule has 0 radical (unpaired) electrons. The summed E-state index contributed by atoms with van der Waals surface area (Å²) < 4.78 is 6.25. The maximum absolute atomic E-state index is 6.25. The highest BCUT2D eigenvalue weighted by molar-refractivity contribution is 5.47. The third kappa shape index (κ3) is 2.69. The number of nitrogens with zero attached hydrogens (tertiary/aromatic N) is 1. The van der Waals surface area contributed by atoms with Crippen molar-refractivity contribution in [3.05, 3.63) is 29.3 Å². The van der Waals surface area contributed by atoms with Crippen LogP contribution in [0.4, 0.5) is 0 Å². The van der Waals surface area contributed by atoms with Crippen LogP contribution in [0.5, 0.6) is 5.75 Å². The fraction of sp³-hybridized carbons (Fsp3) is 0.667.